The molecule has 16 heavy (non-hydrogen) atoms. The van der Waals surface area contributed by atoms with E-state index in [2.05, 4.69) is 40.2 Å². The van der Waals surface area contributed by atoms with Crippen LogP contribution in [0.15, 0.2) is 22.7 Å². The molecule has 1 unspecified atom stereocenters. The van der Waals surface area contributed by atoms with Gasteiger partial charge in [-0.2, -0.15) is 0 Å². The van der Waals surface area contributed by atoms with Crippen molar-refractivity contribution >= 4 is 15.9 Å². The van der Waals surface area contributed by atoms with E-state index in [1.165, 1.54) is 0 Å². The minimum Gasteiger partial charge on any atom is -0.492 e. The molecule has 0 aliphatic rings. The van der Waals surface area contributed by atoms with Crippen LogP contribution in [0.25, 0.3) is 0 Å². The number of hydrogen-bond donors (Lipinski definition) is 1. The smallest absolute Gasteiger partial charge is 0.124 e. The quantitative estimate of drug-likeness (QED) is 0.661. The van der Waals surface area contributed by atoms with Crippen molar-refractivity contribution in [1.82, 2.24) is 5.32 Å². The molecule has 0 amide bonds. The van der Waals surface area contributed by atoms with E-state index in [0.717, 1.165) is 15.8 Å². The fourth-order valence-corrected chi connectivity index (χ4v) is 1.74. The molecule has 1 N–H and O–H groups in total. The van der Waals surface area contributed by atoms with Gasteiger partial charge in [-0.15, -0.1) is 12.3 Å². The third-order valence-electron chi connectivity index (χ3n) is 2.38. The highest BCUT2D eigenvalue weighted by molar-refractivity contribution is 9.10. The first-order valence-electron chi connectivity index (χ1n) is 5.22. The van der Waals surface area contributed by atoms with E-state index in [-0.39, 0.29) is 6.04 Å². The molecule has 1 aromatic rings. The molecule has 0 saturated heterocycles. The molecule has 2 nitrogen and oxygen atoms in total. The summed E-state index contributed by atoms with van der Waals surface area (Å²) in [7, 11) is 1.93. The number of ether oxygens (including phenoxy) is 1. The fourth-order valence-electron chi connectivity index (χ4n) is 1.36. The Morgan fingerprint density at radius 1 is 1.56 bits per heavy atom. The van der Waals surface area contributed by atoms with E-state index in [1.807, 2.05) is 19.2 Å². The summed E-state index contributed by atoms with van der Waals surface area (Å²) in [5, 5.41) is 3.20. The van der Waals surface area contributed by atoms with Crippen LogP contribution in [0.4, 0.5) is 0 Å². The van der Waals surface area contributed by atoms with Crippen molar-refractivity contribution in [2.24, 2.45) is 0 Å². The van der Waals surface area contributed by atoms with Crippen LogP contribution in [0.3, 0.4) is 0 Å². The number of hydrogen-bond acceptors (Lipinski definition) is 2. The third-order valence-corrected chi connectivity index (χ3v) is 2.87. The molecule has 1 aromatic carbocycles. The number of nitrogens with one attached hydrogen (secondary N) is 1. The van der Waals surface area contributed by atoms with Crippen molar-refractivity contribution in [3.8, 4) is 18.1 Å². The van der Waals surface area contributed by atoms with Crippen LogP contribution in [-0.2, 0) is 0 Å². The first-order chi connectivity index (χ1) is 7.69. The lowest BCUT2D eigenvalue weighted by Crippen LogP contribution is -2.14. The maximum Gasteiger partial charge on any atom is 0.124 e. The molecule has 3 heteroatoms. The average molecular weight is 282 g/mol. The van der Waals surface area contributed by atoms with Crippen molar-refractivity contribution in [3.63, 3.8) is 0 Å². The van der Waals surface area contributed by atoms with E-state index >= 15 is 0 Å². The number of benzene rings is 1. The molecule has 0 fully saturated rings. The molecule has 0 aliphatic carbocycles. The minimum absolute atomic E-state index is 0.248. The number of terminal acetylenes is 1. The molecule has 0 aromatic heterocycles. The molecule has 86 valence electrons. The molecule has 0 saturated carbocycles. The van der Waals surface area contributed by atoms with Crippen LogP contribution in [0.2, 0.25) is 0 Å². The molecule has 0 aliphatic heterocycles. The van der Waals surface area contributed by atoms with Gasteiger partial charge in [0.2, 0.25) is 0 Å². The average Bonchev–Trinajstić information content (AvgIpc) is 2.30. The lowest BCUT2D eigenvalue weighted by Gasteiger charge is -2.16. The lowest BCUT2D eigenvalue weighted by atomic mass is 10.1. The Labute approximate surface area is 106 Å². The van der Waals surface area contributed by atoms with Gasteiger partial charge in [0.15, 0.2) is 0 Å². The monoisotopic (exact) mass is 281 g/mol. The Balaban J connectivity index is 2.85. The Hall–Kier alpha value is -0.980. The van der Waals surface area contributed by atoms with Crippen LogP contribution in [0, 0.1) is 12.3 Å². The molecule has 1 atom stereocenters. The zero-order valence-corrected chi connectivity index (χ0v) is 11.2. The Morgan fingerprint density at radius 2 is 2.31 bits per heavy atom. The van der Waals surface area contributed by atoms with E-state index in [4.69, 9.17) is 11.2 Å². The lowest BCUT2D eigenvalue weighted by molar-refractivity contribution is 0.320. The van der Waals surface area contributed by atoms with Gasteiger partial charge in [-0.05, 0) is 32.2 Å². The van der Waals surface area contributed by atoms with Gasteiger partial charge in [-0.25, -0.2) is 0 Å². The summed E-state index contributed by atoms with van der Waals surface area (Å²) in [4.78, 5) is 0. The Morgan fingerprint density at radius 3 is 2.94 bits per heavy atom. The van der Waals surface area contributed by atoms with Gasteiger partial charge in [0.25, 0.3) is 0 Å². The molecule has 0 bridgehead atoms. The highest BCUT2D eigenvalue weighted by Crippen LogP contribution is 2.28. The van der Waals surface area contributed by atoms with Crippen molar-refractivity contribution in [3.05, 3.63) is 28.2 Å². The maximum absolute atomic E-state index is 5.65. The van der Waals surface area contributed by atoms with Crippen molar-refractivity contribution in [2.75, 3.05) is 13.7 Å². The van der Waals surface area contributed by atoms with Gasteiger partial charge >= 0.3 is 0 Å². The SMILES string of the molecule is C#CCCOc1ccc(Br)cc1C(C)NC. The summed E-state index contributed by atoms with van der Waals surface area (Å²) < 4.78 is 6.70. The van der Waals surface area contributed by atoms with E-state index < -0.39 is 0 Å². The number of halogens is 1. The van der Waals surface area contributed by atoms with Crippen LogP contribution in [0.5, 0.6) is 5.75 Å². The van der Waals surface area contributed by atoms with Gasteiger partial charge in [0.1, 0.15) is 5.75 Å². The van der Waals surface area contributed by atoms with Crippen LogP contribution >= 0.6 is 15.9 Å². The highest BCUT2D eigenvalue weighted by atomic mass is 79.9. The first kappa shape index (κ1) is 13.1. The summed E-state index contributed by atoms with van der Waals surface area (Å²) >= 11 is 3.46. The Kier molecular flexibility index (Phi) is 5.37. The van der Waals surface area contributed by atoms with Gasteiger partial charge in [-0.3, -0.25) is 0 Å². The predicted molar refractivity (Wildman–Crippen MR) is 70.6 cm³/mol. The van der Waals surface area contributed by atoms with Crippen LogP contribution in [-0.4, -0.2) is 13.7 Å². The molecular weight excluding hydrogens is 266 g/mol. The van der Waals surface area contributed by atoms with Crippen molar-refractivity contribution < 1.29 is 4.74 Å². The summed E-state index contributed by atoms with van der Waals surface area (Å²) in [6.07, 6.45) is 5.82. The van der Waals surface area contributed by atoms with Gasteiger partial charge in [0, 0.05) is 22.5 Å². The molecule has 0 radical (unpaired) electrons. The fraction of sp³-hybridized carbons (Fsp3) is 0.385. The largest absolute Gasteiger partial charge is 0.492 e. The van der Waals surface area contributed by atoms with Gasteiger partial charge in [0.05, 0.1) is 6.61 Å². The summed E-state index contributed by atoms with van der Waals surface area (Å²) in [6.45, 7) is 2.65. The third kappa shape index (κ3) is 3.55. The summed E-state index contributed by atoms with van der Waals surface area (Å²) in [5.74, 6) is 3.45. The predicted octanol–water partition coefficient (Wildman–Crippen LogP) is 3.13. The zero-order valence-electron chi connectivity index (χ0n) is 9.59. The maximum atomic E-state index is 5.65. The highest BCUT2D eigenvalue weighted by Gasteiger charge is 2.10. The first-order valence-corrected chi connectivity index (χ1v) is 6.01. The second-order valence-electron chi connectivity index (χ2n) is 3.50. The van der Waals surface area contributed by atoms with Gasteiger partial charge in [-0.1, -0.05) is 15.9 Å². The number of rotatable bonds is 5. The van der Waals surface area contributed by atoms with Gasteiger partial charge < -0.3 is 10.1 Å². The van der Waals surface area contributed by atoms with E-state index in [9.17, 15) is 0 Å². The second kappa shape index (κ2) is 6.57. The molecule has 0 spiro atoms. The zero-order chi connectivity index (χ0) is 12.0. The standard InChI is InChI=1S/C13H16BrNO/c1-4-5-8-16-13-7-6-11(14)9-12(13)10(2)15-3/h1,6-7,9-10,15H,5,8H2,2-3H3. The van der Waals surface area contributed by atoms with E-state index in [0.29, 0.717) is 13.0 Å². The van der Waals surface area contributed by atoms with Crippen LogP contribution < -0.4 is 10.1 Å². The minimum atomic E-state index is 0.248. The summed E-state index contributed by atoms with van der Waals surface area (Å²) in [6, 6.07) is 6.24. The molecule has 0 heterocycles. The molecule has 1 rings (SSSR count). The van der Waals surface area contributed by atoms with Crippen molar-refractivity contribution in [2.45, 2.75) is 19.4 Å². The summed E-state index contributed by atoms with van der Waals surface area (Å²) in [5.41, 5.74) is 1.13. The second-order valence-corrected chi connectivity index (χ2v) is 4.41. The van der Waals surface area contributed by atoms with Crippen molar-refractivity contribution in [1.29, 1.82) is 0 Å². The molecular formula is C13H16BrNO. The van der Waals surface area contributed by atoms with E-state index in [1.54, 1.807) is 0 Å². The normalized spacial score (nSPS) is 11.9. The Bertz CT molecular complexity index is 384. The topological polar surface area (TPSA) is 21.3 Å². The van der Waals surface area contributed by atoms with Crippen LogP contribution in [0.1, 0.15) is 24.9 Å².